The number of methoxy groups -OCH3 is 1. The van der Waals surface area contributed by atoms with E-state index in [1.165, 1.54) is 6.07 Å². The van der Waals surface area contributed by atoms with Crippen LogP contribution in [0.4, 0.5) is 4.39 Å². The predicted octanol–water partition coefficient (Wildman–Crippen LogP) is 3.21. The number of rotatable bonds is 6. The molecule has 0 aliphatic carbocycles. The molecule has 3 N–H and O–H groups in total. The molecule has 1 unspecified atom stereocenters. The van der Waals surface area contributed by atoms with E-state index < -0.39 is 0 Å². The quantitative estimate of drug-likeness (QED) is 0.619. The Morgan fingerprint density at radius 2 is 2.00 bits per heavy atom. The van der Waals surface area contributed by atoms with Crippen molar-refractivity contribution in [3.63, 3.8) is 0 Å². The maximum Gasteiger partial charge on any atom is 0.133 e. The highest BCUT2D eigenvalue weighted by molar-refractivity contribution is 9.10. The predicted molar refractivity (Wildman–Crippen MR) is 85.6 cm³/mol. The fraction of sp³-hybridized carbons (Fsp3) is 0.250. The molecule has 112 valence electrons. The molecule has 0 bridgehead atoms. The lowest BCUT2D eigenvalue weighted by Crippen LogP contribution is -2.38. The molecule has 5 heteroatoms. The molecular weight excluding hydrogens is 335 g/mol. The molecule has 2 rings (SSSR count). The lowest BCUT2D eigenvalue weighted by atomic mass is 9.99. The van der Waals surface area contributed by atoms with Gasteiger partial charge in [-0.3, -0.25) is 11.3 Å². The van der Waals surface area contributed by atoms with Gasteiger partial charge in [-0.15, -0.1) is 0 Å². The Labute approximate surface area is 132 Å². The molecule has 0 aromatic heterocycles. The molecule has 2 aromatic rings. The molecule has 0 saturated heterocycles. The number of hydrogen-bond donors (Lipinski definition) is 2. The van der Waals surface area contributed by atoms with Crippen molar-refractivity contribution < 1.29 is 9.13 Å². The van der Waals surface area contributed by atoms with Crippen molar-refractivity contribution in [1.29, 1.82) is 0 Å². The highest BCUT2D eigenvalue weighted by atomic mass is 79.9. The largest absolute Gasteiger partial charge is 0.496 e. The zero-order valence-corrected chi connectivity index (χ0v) is 13.4. The first-order valence-corrected chi connectivity index (χ1v) is 7.45. The van der Waals surface area contributed by atoms with E-state index in [4.69, 9.17) is 10.6 Å². The summed E-state index contributed by atoms with van der Waals surface area (Å²) in [6, 6.07) is 12.6. The van der Waals surface area contributed by atoms with Gasteiger partial charge in [0.15, 0.2) is 0 Å². The normalized spacial score (nSPS) is 12.2. The van der Waals surface area contributed by atoms with Gasteiger partial charge < -0.3 is 4.74 Å². The van der Waals surface area contributed by atoms with Gasteiger partial charge in [-0.25, -0.2) is 4.39 Å². The summed E-state index contributed by atoms with van der Waals surface area (Å²) in [5.74, 6) is 6.19. The Morgan fingerprint density at radius 3 is 2.62 bits per heavy atom. The van der Waals surface area contributed by atoms with Gasteiger partial charge in [0.2, 0.25) is 0 Å². The van der Waals surface area contributed by atoms with Gasteiger partial charge in [0, 0.05) is 6.04 Å². The molecule has 0 radical (unpaired) electrons. The maximum atomic E-state index is 13.7. The van der Waals surface area contributed by atoms with Crippen LogP contribution in [0.1, 0.15) is 11.1 Å². The smallest absolute Gasteiger partial charge is 0.133 e. The van der Waals surface area contributed by atoms with Gasteiger partial charge in [0.25, 0.3) is 0 Å². The summed E-state index contributed by atoms with van der Waals surface area (Å²) in [7, 11) is 1.63. The third-order valence-electron chi connectivity index (χ3n) is 3.36. The van der Waals surface area contributed by atoms with E-state index >= 15 is 0 Å². The fourth-order valence-electron chi connectivity index (χ4n) is 2.24. The number of nitrogens with one attached hydrogen (secondary N) is 1. The van der Waals surface area contributed by atoms with Crippen LogP contribution in [0.25, 0.3) is 0 Å². The minimum atomic E-state index is -0.200. The van der Waals surface area contributed by atoms with E-state index in [2.05, 4.69) is 21.4 Å². The molecule has 0 aliphatic rings. The molecule has 0 fully saturated rings. The number of halogens is 2. The summed E-state index contributed by atoms with van der Waals surface area (Å²) in [6.45, 7) is 0. The summed E-state index contributed by atoms with van der Waals surface area (Å²) in [5, 5.41) is 0. The Balaban J connectivity index is 2.09. The Kier molecular flexibility index (Phi) is 5.73. The van der Waals surface area contributed by atoms with E-state index in [9.17, 15) is 4.39 Å². The lowest BCUT2D eigenvalue weighted by molar-refractivity contribution is 0.411. The van der Waals surface area contributed by atoms with Crippen LogP contribution in [0.15, 0.2) is 46.9 Å². The standard InChI is InChI=1S/C16H18BrFN2O/c1-21-16-7-6-11(9-14(16)17)8-13(20-19)10-12-4-2-3-5-15(12)18/h2-7,9,13,20H,8,10,19H2,1H3. The molecule has 0 heterocycles. The zero-order valence-electron chi connectivity index (χ0n) is 11.8. The van der Waals surface area contributed by atoms with E-state index in [0.717, 1.165) is 15.8 Å². The van der Waals surface area contributed by atoms with Gasteiger partial charge in [-0.2, -0.15) is 0 Å². The number of hydrogen-bond acceptors (Lipinski definition) is 3. The van der Waals surface area contributed by atoms with Crippen molar-refractivity contribution in [2.24, 2.45) is 5.84 Å². The molecule has 3 nitrogen and oxygen atoms in total. The Bertz CT molecular complexity index is 607. The summed E-state index contributed by atoms with van der Waals surface area (Å²) in [6.07, 6.45) is 1.24. The van der Waals surface area contributed by atoms with Gasteiger partial charge in [-0.05, 0) is 58.1 Å². The van der Waals surface area contributed by atoms with Crippen LogP contribution in [0.3, 0.4) is 0 Å². The average Bonchev–Trinajstić information content (AvgIpc) is 2.49. The molecular formula is C16H18BrFN2O. The van der Waals surface area contributed by atoms with E-state index in [1.54, 1.807) is 19.2 Å². The summed E-state index contributed by atoms with van der Waals surface area (Å²) < 4.78 is 19.8. The monoisotopic (exact) mass is 352 g/mol. The van der Waals surface area contributed by atoms with Crippen LogP contribution in [0.5, 0.6) is 5.75 Å². The SMILES string of the molecule is COc1ccc(CC(Cc2ccccc2F)NN)cc1Br. The summed E-state index contributed by atoms with van der Waals surface area (Å²) >= 11 is 3.46. The fourth-order valence-corrected chi connectivity index (χ4v) is 2.83. The molecule has 0 amide bonds. The third kappa shape index (κ3) is 4.27. The minimum Gasteiger partial charge on any atom is -0.496 e. The molecule has 0 saturated carbocycles. The van der Waals surface area contributed by atoms with Crippen LogP contribution in [0, 0.1) is 5.82 Å². The van der Waals surface area contributed by atoms with Gasteiger partial charge >= 0.3 is 0 Å². The van der Waals surface area contributed by atoms with Gasteiger partial charge in [-0.1, -0.05) is 24.3 Å². The Hall–Kier alpha value is -1.43. The molecule has 21 heavy (non-hydrogen) atoms. The minimum absolute atomic E-state index is 0.0396. The van der Waals surface area contributed by atoms with E-state index in [1.807, 2.05) is 24.3 Å². The second kappa shape index (κ2) is 7.54. The number of nitrogens with two attached hydrogens (primary N) is 1. The number of benzene rings is 2. The molecule has 1 atom stereocenters. The molecule has 2 aromatic carbocycles. The van der Waals surface area contributed by atoms with Crippen LogP contribution >= 0.6 is 15.9 Å². The van der Waals surface area contributed by atoms with Crippen molar-refractivity contribution in [3.8, 4) is 5.75 Å². The van der Waals surface area contributed by atoms with Gasteiger partial charge in [0.1, 0.15) is 11.6 Å². The number of hydrazine groups is 1. The van der Waals surface area contributed by atoms with Crippen LogP contribution < -0.4 is 16.0 Å². The second-order valence-electron chi connectivity index (χ2n) is 4.83. The average molecular weight is 353 g/mol. The van der Waals surface area contributed by atoms with Crippen LogP contribution in [-0.2, 0) is 12.8 Å². The molecule has 0 spiro atoms. The van der Waals surface area contributed by atoms with Crippen molar-refractivity contribution in [2.75, 3.05) is 7.11 Å². The Morgan fingerprint density at radius 1 is 1.24 bits per heavy atom. The van der Waals surface area contributed by atoms with E-state index in [0.29, 0.717) is 18.4 Å². The number of ether oxygens (including phenoxy) is 1. The zero-order chi connectivity index (χ0) is 15.2. The third-order valence-corrected chi connectivity index (χ3v) is 3.98. The first-order valence-electron chi connectivity index (χ1n) is 6.66. The highest BCUT2D eigenvalue weighted by Crippen LogP contribution is 2.26. The van der Waals surface area contributed by atoms with Crippen molar-refractivity contribution in [2.45, 2.75) is 18.9 Å². The first-order chi connectivity index (χ1) is 10.1. The summed E-state index contributed by atoms with van der Waals surface area (Å²) in [5.41, 5.74) is 4.52. The molecule has 0 aliphatic heterocycles. The summed E-state index contributed by atoms with van der Waals surface area (Å²) in [4.78, 5) is 0. The van der Waals surface area contributed by atoms with Gasteiger partial charge in [0.05, 0.1) is 11.6 Å². The van der Waals surface area contributed by atoms with Crippen molar-refractivity contribution >= 4 is 15.9 Å². The van der Waals surface area contributed by atoms with Crippen LogP contribution in [0.2, 0.25) is 0 Å². The van der Waals surface area contributed by atoms with Crippen LogP contribution in [-0.4, -0.2) is 13.2 Å². The lowest BCUT2D eigenvalue weighted by Gasteiger charge is -2.17. The highest BCUT2D eigenvalue weighted by Gasteiger charge is 2.12. The van der Waals surface area contributed by atoms with Crippen molar-refractivity contribution in [1.82, 2.24) is 5.43 Å². The van der Waals surface area contributed by atoms with Crippen molar-refractivity contribution in [3.05, 3.63) is 63.9 Å². The maximum absolute atomic E-state index is 13.7. The second-order valence-corrected chi connectivity index (χ2v) is 5.69. The topological polar surface area (TPSA) is 47.3 Å². The van der Waals surface area contributed by atoms with E-state index in [-0.39, 0.29) is 11.9 Å². The first kappa shape index (κ1) is 15.9.